The van der Waals surface area contributed by atoms with Crippen molar-refractivity contribution in [2.24, 2.45) is 0 Å². The largest absolute Gasteiger partial charge is 0.462 e. The molecule has 1 atom stereocenters. The number of aryl methyl sites for hydroxylation is 1. The standard InChI is InChI=1S/C28H31ClN4O5S/c1-4-9-23-24(28(35)38-5-2)25(31-26(30-23)20-10-7-6-8-11-20)27(34)32-16-17-33(19(3)18-32)39(36,37)22-14-12-21(29)13-15-22/h6-8,10-15,19H,4-5,9,16-18H2,1-3H3. The minimum Gasteiger partial charge on any atom is -0.462 e. The van der Waals surface area contributed by atoms with Gasteiger partial charge in [-0.3, -0.25) is 4.79 Å². The molecular formula is C28H31ClN4O5S. The molecule has 1 aliphatic rings. The Kier molecular flexibility index (Phi) is 8.99. The van der Waals surface area contributed by atoms with Gasteiger partial charge in [0.2, 0.25) is 10.0 Å². The van der Waals surface area contributed by atoms with Crippen molar-refractivity contribution < 1.29 is 22.7 Å². The number of hydrogen-bond donors (Lipinski definition) is 0. The molecule has 0 N–H and O–H groups in total. The van der Waals surface area contributed by atoms with Gasteiger partial charge in [0.25, 0.3) is 5.91 Å². The van der Waals surface area contributed by atoms with Crippen LogP contribution in [-0.2, 0) is 21.2 Å². The molecule has 3 aromatic rings. The van der Waals surface area contributed by atoms with Crippen molar-refractivity contribution in [3.63, 3.8) is 0 Å². The maximum atomic E-state index is 13.9. The van der Waals surface area contributed by atoms with Crippen LogP contribution in [0.25, 0.3) is 11.4 Å². The van der Waals surface area contributed by atoms with Crippen LogP contribution in [0.4, 0.5) is 0 Å². The number of halogens is 1. The van der Waals surface area contributed by atoms with Crippen LogP contribution in [0.1, 0.15) is 53.7 Å². The number of rotatable bonds is 8. The number of esters is 1. The van der Waals surface area contributed by atoms with Gasteiger partial charge in [-0.1, -0.05) is 55.3 Å². The van der Waals surface area contributed by atoms with Crippen LogP contribution in [0.15, 0.2) is 59.5 Å². The number of ether oxygens (including phenoxy) is 1. The van der Waals surface area contributed by atoms with Crippen LogP contribution in [-0.4, -0.2) is 71.8 Å². The summed E-state index contributed by atoms with van der Waals surface area (Å²) in [5, 5.41) is 0.442. The van der Waals surface area contributed by atoms with E-state index < -0.39 is 27.9 Å². The molecule has 0 saturated carbocycles. The van der Waals surface area contributed by atoms with Crippen LogP contribution in [0.2, 0.25) is 5.02 Å². The predicted molar refractivity (Wildman–Crippen MR) is 148 cm³/mol. The highest BCUT2D eigenvalue weighted by Gasteiger charge is 2.37. The Bertz CT molecular complexity index is 1450. The molecular weight excluding hydrogens is 540 g/mol. The van der Waals surface area contributed by atoms with E-state index in [9.17, 15) is 18.0 Å². The second kappa shape index (κ2) is 12.2. The normalized spacial score (nSPS) is 16.2. The van der Waals surface area contributed by atoms with Crippen LogP contribution in [0, 0.1) is 0 Å². The molecule has 1 aromatic heterocycles. The zero-order valence-electron chi connectivity index (χ0n) is 22.1. The first-order chi connectivity index (χ1) is 18.7. The SMILES string of the molecule is CCCc1nc(-c2ccccc2)nc(C(=O)N2CCN(S(=O)(=O)c3ccc(Cl)cc3)C(C)C2)c1C(=O)OCC. The van der Waals surface area contributed by atoms with Crippen LogP contribution in [0.5, 0.6) is 0 Å². The lowest BCUT2D eigenvalue weighted by Crippen LogP contribution is -2.55. The maximum absolute atomic E-state index is 13.9. The molecule has 2 heterocycles. The molecule has 1 unspecified atom stereocenters. The second-order valence-corrected chi connectivity index (χ2v) is 11.6. The summed E-state index contributed by atoms with van der Waals surface area (Å²) in [6.07, 6.45) is 1.16. The molecule has 1 aliphatic heterocycles. The topological polar surface area (TPSA) is 110 Å². The summed E-state index contributed by atoms with van der Waals surface area (Å²) in [6, 6.07) is 14.7. The number of hydrogen-bond acceptors (Lipinski definition) is 7. The van der Waals surface area contributed by atoms with Crippen LogP contribution < -0.4 is 0 Å². The van der Waals surface area contributed by atoms with E-state index in [0.29, 0.717) is 34.9 Å². The van der Waals surface area contributed by atoms with Gasteiger partial charge in [0, 0.05) is 36.3 Å². The van der Waals surface area contributed by atoms with Gasteiger partial charge in [-0.2, -0.15) is 4.31 Å². The number of carbonyl (C=O) groups is 2. The molecule has 0 spiro atoms. The summed E-state index contributed by atoms with van der Waals surface area (Å²) in [5.74, 6) is -0.779. The lowest BCUT2D eigenvalue weighted by Gasteiger charge is -2.39. The van der Waals surface area contributed by atoms with Crippen molar-refractivity contribution in [1.82, 2.24) is 19.2 Å². The van der Waals surface area contributed by atoms with Crippen molar-refractivity contribution in [3.05, 3.63) is 76.6 Å². The Morgan fingerprint density at radius 3 is 2.33 bits per heavy atom. The molecule has 2 aromatic carbocycles. The molecule has 39 heavy (non-hydrogen) atoms. The Hall–Kier alpha value is -3.34. The first-order valence-corrected chi connectivity index (χ1v) is 14.7. The predicted octanol–water partition coefficient (Wildman–Crippen LogP) is 4.46. The fourth-order valence-electron chi connectivity index (χ4n) is 4.59. The van der Waals surface area contributed by atoms with Crippen LogP contribution in [0.3, 0.4) is 0 Å². The Labute approximate surface area is 233 Å². The number of sulfonamides is 1. The Morgan fingerprint density at radius 2 is 1.72 bits per heavy atom. The molecule has 0 radical (unpaired) electrons. The molecule has 0 bridgehead atoms. The third-order valence-corrected chi connectivity index (χ3v) is 8.74. The fourth-order valence-corrected chi connectivity index (χ4v) is 6.33. The maximum Gasteiger partial charge on any atom is 0.342 e. The highest BCUT2D eigenvalue weighted by Crippen LogP contribution is 2.26. The average molecular weight is 571 g/mol. The van der Waals surface area contributed by atoms with Crippen molar-refractivity contribution >= 4 is 33.5 Å². The van der Waals surface area contributed by atoms with E-state index in [1.807, 2.05) is 37.3 Å². The summed E-state index contributed by atoms with van der Waals surface area (Å²) in [4.78, 5) is 37.9. The summed E-state index contributed by atoms with van der Waals surface area (Å²) < 4.78 is 33.2. The van der Waals surface area contributed by atoms with Gasteiger partial charge in [-0.15, -0.1) is 0 Å². The van der Waals surface area contributed by atoms with Gasteiger partial charge >= 0.3 is 5.97 Å². The number of amides is 1. The van der Waals surface area contributed by atoms with E-state index in [-0.39, 0.29) is 42.4 Å². The van der Waals surface area contributed by atoms with Gasteiger partial charge in [-0.05, 0) is 44.5 Å². The third-order valence-electron chi connectivity index (χ3n) is 6.46. The number of nitrogens with zero attached hydrogens (tertiary/aromatic N) is 4. The lowest BCUT2D eigenvalue weighted by molar-refractivity contribution is 0.0508. The Balaban J connectivity index is 1.69. The monoisotopic (exact) mass is 570 g/mol. The minimum absolute atomic E-state index is 0.0352. The van der Waals surface area contributed by atoms with Crippen molar-refractivity contribution in [2.45, 2.75) is 44.6 Å². The van der Waals surface area contributed by atoms with Crippen molar-refractivity contribution in [2.75, 3.05) is 26.2 Å². The minimum atomic E-state index is -3.79. The number of piperazine rings is 1. The zero-order chi connectivity index (χ0) is 28.2. The highest BCUT2D eigenvalue weighted by atomic mass is 35.5. The molecule has 9 nitrogen and oxygen atoms in total. The van der Waals surface area contributed by atoms with E-state index in [4.69, 9.17) is 16.3 Å². The van der Waals surface area contributed by atoms with E-state index in [2.05, 4.69) is 9.97 Å². The van der Waals surface area contributed by atoms with Gasteiger partial charge in [0.1, 0.15) is 11.3 Å². The van der Waals surface area contributed by atoms with Gasteiger partial charge in [0.15, 0.2) is 5.82 Å². The van der Waals surface area contributed by atoms with Gasteiger partial charge in [0.05, 0.1) is 17.2 Å². The lowest BCUT2D eigenvalue weighted by atomic mass is 10.0. The van der Waals surface area contributed by atoms with E-state index in [1.54, 1.807) is 13.8 Å². The van der Waals surface area contributed by atoms with Gasteiger partial charge in [-0.25, -0.2) is 23.2 Å². The van der Waals surface area contributed by atoms with E-state index in [0.717, 1.165) is 0 Å². The highest BCUT2D eigenvalue weighted by molar-refractivity contribution is 7.89. The van der Waals surface area contributed by atoms with E-state index >= 15 is 0 Å². The van der Waals surface area contributed by atoms with Crippen molar-refractivity contribution in [3.8, 4) is 11.4 Å². The summed E-state index contributed by atoms with van der Waals surface area (Å²) in [6.45, 7) is 5.88. The summed E-state index contributed by atoms with van der Waals surface area (Å²) >= 11 is 5.93. The fraction of sp³-hybridized carbons (Fsp3) is 0.357. The second-order valence-electron chi connectivity index (χ2n) is 9.22. The molecule has 4 rings (SSSR count). The zero-order valence-corrected chi connectivity index (χ0v) is 23.7. The first kappa shape index (κ1) is 28.7. The first-order valence-electron chi connectivity index (χ1n) is 12.9. The molecule has 1 amide bonds. The molecule has 1 saturated heterocycles. The number of carbonyl (C=O) groups excluding carboxylic acids is 2. The molecule has 0 aliphatic carbocycles. The number of benzene rings is 2. The smallest absolute Gasteiger partial charge is 0.342 e. The van der Waals surface area contributed by atoms with Crippen molar-refractivity contribution in [1.29, 1.82) is 0 Å². The third kappa shape index (κ3) is 6.13. The summed E-state index contributed by atoms with van der Waals surface area (Å²) in [7, 11) is -3.79. The number of aromatic nitrogens is 2. The summed E-state index contributed by atoms with van der Waals surface area (Å²) in [5.41, 5.74) is 1.19. The molecule has 206 valence electrons. The average Bonchev–Trinajstić information content (AvgIpc) is 2.93. The molecule has 11 heteroatoms. The van der Waals surface area contributed by atoms with E-state index in [1.165, 1.54) is 33.5 Å². The molecule has 1 fully saturated rings. The van der Waals surface area contributed by atoms with Crippen LogP contribution >= 0.6 is 11.6 Å². The quantitative estimate of drug-likeness (QED) is 0.368. The van der Waals surface area contributed by atoms with Gasteiger partial charge < -0.3 is 9.64 Å². The Morgan fingerprint density at radius 1 is 1.03 bits per heavy atom.